The predicted octanol–water partition coefficient (Wildman–Crippen LogP) is 3.20. The van der Waals surface area contributed by atoms with Crippen LogP contribution in [0, 0.1) is 5.92 Å². The van der Waals surface area contributed by atoms with Crippen LogP contribution in [0.15, 0.2) is 42.5 Å². The van der Waals surface area contributed by atoms with E-state index in [0.717, 1.165) is 50.0 Å². The Morgan fingerprint density at radius 3 is 2.67 bits per heavy atom. The second-order valence-corrected chi connectivity index (χ2v) is 6.49. The minimum atomic E-state index is 0.243. The zero-order chi connectivity index (χ0) is 16.8. The van der Waals surface area contributed by atoms with Crippen LogP contribution < -0.4 is 10.5 Å². The Morgan fingerprint density at radius 2 is 1.88 bits per heavy atom. The van der Waals surface area contributed by atoms with Crippen molar-refractivity contribution in [3.8, 4) is 5.75 Å². The topological polar surface area (TPSA) is 55.6 Å². The summed E-state index contributed by atoms with van der Waals surface area (Å²) in [6, 6.07) is 14.3. The average molecular weight is 326 g/mol. The number of hydrogen-bond acceptors (Lipinski definition) is 3. The molecule has 0 spiro atoms. The fraction of sp³-hybridized carbons (Fsp3) is 0.450. The highest BCUT2D eigenvalue weighted by Gasteiger charge is 2.21. The number of benzene rings is 2. The number of piperidine rings is 1. The van der Waals surface area contributed by atoms with Crippen LogP contribution in [-0.2, 0) is 4.79 Å². The van der Waals surface area contributed by atoms with Gasteiger partial charge in [-0.25, -0.2) is 0 Å². The van der Waals surface area contributed by atoms with Gasteiger partial charge >= 0.3 is 0 Å². The molecule has 1 aliphatic heterocycles. The van der Waals surface area contributed by atoms with Gasteiger partial charge in [0.25, 0.3) is 0 Å². The Hall–Kier alpha value is -2.07. The molecule has 1 amide bonds. The van der Waals surface area contributed by atoms with Crippen molar-refractivity contribution in [1.82, 2.24) is 4.90 Å². The summed E-state index contributed by atoms with van der Waals surface area (Å²) in [5.41, 5.74) is 5.70. The van der Waals surface area contributed by atoms with Crippen LogP contribution in [0.2, 0.25) is 0 Å². The van der Waals surface area contributed by atoms with Gasteiger partial charge in [0.2, 0.25) is 5.91 Å². The van der Waals surface area contributed by atoms with Crippen LogP contribution in [0.4, 0.5) is 0 Å². The largest absolute Gasteiger partial charge is 0.493 e. The van der Waals surface area contributed by atoms with E-state index in [1.54, 1.807) is 0 Å². The average Bonchev–Trinajstić information content (AvgIpc) is 2.65. The summed E-state index contributed by atoms with van der Waals surface area (Å²) in [4.78, 5) is 14.2. The lowest BCUT2D eigenvalue weighted by Gasteiger charge is -2.31. The molecule has 24 heavy (non-hydrogen) atoms. The van der Waals surface area contributed by atoms with Crippen molar-refractivity contribution in [2.75, 3.05) is 26.2 Å². The first kappa shape index (κ1) is 16.8. The highest BCUT2D eigenvalue weighted by atomic mass is 16.5. The molecule has 2 N–H and O–H groups in total. The number of nitrogens with two attached hydrogens (primary N) is 1. The Bertz CT molecular complexity index is 673. The minimum Gasteiger partial charge on any atom is -0.493 e. The van der Waals surface area contributed by atoms with Gasteiger partial charge < -0.3 is 15.4 Å². The number of nitrogens with zero attached hydrogens (tertiary/aromatic N) is 1. The first-order chi connectivity index (χ1) is 11.8. The lowest BCUT2D eigenvalue weighted by molar-refractivity contribution is -0.132. The maximum atomic E-state index is 12.3. The molecule has 2 aromatic rings. The Labute approximate surface area is 143 Å². The number of likely N-dealkylation sites (tertiary alicyclic amines) is 1. The highest BCUT2D eigenvalue weighted by Crippen LogP contribution is 2.25. The molecule has 128 valence electrons. The molecular formula is C20H26N2O2. The number of amides is 1. The van der Waals surface area contributed by atoms with Gasteiger partial charge in [-0.05, 0) is 43.2 Å². The maximum Gasteiger partial charge on any atom is 0.222 e. The molecule has 0 bridgehead atoms. The molecule has 0 unspecified atom stereocenters. The summed E-state index contributed by atoms with van der Waals surface area (Å²) in [5.74, 6) is 1.72. The lowest BCUT2D eigenvalue weighted by Crippen LogP contribution is -2.40. The number of carbonyl (C=O) groups excluding carboxylic acids is 1. The molecule has 4 heteroatoms. The molecule has 3 rings (SSSR count). The van der Waals surface area contributed by atoms with E-state index in [-0.39, 0.29) is 5.91 Å². The van der Waals surface area contributed by atoms with E-state index in [2.05, 4.69) is 18.2 Å². The van der Waals surface area contributed by atoms with Crippen molar-refractivity contribution in [3.63, 3.8) is 0 Å². The van der Waals surface area contributed by atoms with Crippen molar-refractivity contribution >= 4 is 16.7 Å². The van der Waals surface area contributed by atoms with Gasteiger partial charge in [0.1, 0.15) is 5.75 Å². The highest BCUT2D eigenvalue weighted by molar-refractivity contribution is 5.88. The zero-order valence-electron chi connectivity index (χ0n) is 14.1. The van der Waals surface area contributed by atoms with Gasteiger partial charge in [0.15, 0.2) is 0 Å². The van der Waals surface area contributed by atoms with Gasteiger partial charge in [0.05, 0.1) is 6.61 Å². The van der Waals surface area contributed by atoms with E-state index in [9.17, 15) is 4.79 Å². The third-order valence-electron chi connectivity index (χ3n) is 4.84. The van der Waals surface area contributed by atoms with Gasteiger partial charge in [-0.2, -0.15) is 0 Å². The van der Waals surface area contributed by atoms with Gasteiger partial charge in [0, 0.05) is 24.9 Å². The number of fused-ring (bicyclic) bond motifs is 1. The number of rotatable bonds is 6. The molecule has 1 aliphatic rings. The van der Waals surface area contributed by atoms with Crippen LogP contribution in [0.25, 0.3) is 10.8 Å². The fourth-order valence-corrected chi connectivity index (χ4v) is 3.30. The standard InChI is InChI=1S/C20H26N2O2/c21-15-16-10-12-22(13-11-16)20(23)9-4-14-24-19-8-3-6-17-5-1-2-7-18(17)19/h1-3,5-8,16H,4,9-15,21H2. The fourth-order valence-electron chi connectivity index (χ4n) is 3.30. The summed E-state index contributed by atoms with van der Waals surface area (Å²) >= 11 is 0. The lowest BCUT2D eigenvalue weighted by atomic mass is 9.97. The molecule has 2 aromatic carbocycles. The predicted molar refractivity (Wildman–Crippen MR) is 97.0 cm³/mol. The second kappa shape index (κ2) is 8.15. The number of ether oxygens (including phenoxy) is 1. The van der Waals surface area contributed by atoms with Crippen molar-refractivity contribution in [2.45, 2.75) is 25.7 Å². The van der Waals surface area contributed by atoms with Crippen molar-refractivity contribution in [3.05, 3.63) is 42.5 Å². The second-order valence-electron chi connectivity index (χ2n) is 6.49. The monoisotopic (exact) mass is 326 g/mol. The van der Waals surface area contributed by atoms with Crippen molar-refractivity contribution < 1.29 is 9.53 Å². The summed E-state index contributed by atoms with van der Waals surface area (Å²) in [7, 11) is 0. The SMILES string of the molecule is NCC1CCN(C(=O)CCCOc2cccc3ccccc23)CC1. The summed E-state index contributed by atoms with van der Waals surface area (Å²) in [5, 5.41) is 2.30. The smallest absolute Gasteiger partial charge is 0.222 e. The Kier molecular flexibility index (Phi) is 5.70. The number of carbonyl (C=O) groups is 1. The third kappa shape index (κ3) is 4.06. The van der Waals surface area contributed by atoms with E-state index >= 15 is 0 Å². The molecular weight excluding hydrogens is 300 g/mol. The van der Waals surface area contributed by atoms with E-state index in [1.165, 1.54) is 5.39 Å². The summed E-state index contributed by atoms with van der Waals surface area (Å²) in [6.45, 7) is 3.01. The quantitative estimate of drug-likeness (QED) is 0.830. The van der Waals surface area contributed by atoms with Crippen LogP contribution in [0.1, 0.15) is 25.7 Å². The van der Waals surface area contributed by atoms with E-state index in [4.69, 9.17) is 10.5 Å². The van der Waals surface area contributed by atoms with Crippen LogP contribution in [0.5, 0.6) is 5.75 Å². The van der Waals surface area contributed by atoms with E-state index in [0.29, 0.717) is 18.9 Å². The van der Waals surface area contributed by atoms with E-state index < -0.39 is 0 Å². The van der Waals surface area contributed by atoms with Gasteiger partial charge in [-0.1, -0.05) is 36.4 Å². The van der Waals surface area contributed by atoms with Gasteiger partial charge in [-0.15, -0.1) is 0 Å². The van der Waals surface area contributed by atoms with E-state index in [1.807, 2.05) is 29.2 Å². The Balaban J connectivity index is 1.44. The third-order valence-corrected chi connectivity index (χ3v) is 4.84. The first-order valence-electron chi connectivity index (χ1n) is 8.86. The number of hydrogen-bond donors (Lipinski definition) is 1. The van der Waals surface area contributed by atoms with Crippen LogP contribution in [-0.4, -0.2) is 37.0 Å². The summed E-state index contributed by atoms with van der Waals surface area (Å²) < 4.78 is 5.90. The molecule has 1 saturated heterocycles. The summed E-state index contributed by atoms with van der Waals surface area (Å²) in [6.07, 6.45) is 3.38. The molecule has 0 aliphatic carbocycles. The molecule has 0 atom stereocenters. The minimum absolute atomic E-state index is 0.243. The molecule has 4 nitrogen and oxygen atoms in total. The van der Waals surface area contributed by atoms with Crippen molar-refractivity contribution in [1.29, 1.82) is 0 Å². The van der Waals surface area contributed by atoms with Gasteiger partial charge in [-0.3, -0.25) is 4.79 Å². The normalized spacial score (nSPS) is 15.6. The Morgan fingerprint density at radius 1 is 1.12 bits per heavy atom. The molecule has 1 fully saturated rings. The first-order valence-corrected chi connectivity index (χ1v) is 8.86. The molecule has 0 saturated carbocycles. The molecule has 1 heterocycles. The zero-order valence-corrected chi connectivity index (χ0v) is 14.1. The van der Waals surface area contributed by atoms with Crippen molar-refractivity contribution in [2.24, 2.45) is 11.7 Å². The maximum absolute atomic E-state index is 12.3. The van der Waals surface area contributed by atoms with Crippen LogP contribution in [0.3, 0.4) is 0 Å². The molecule has 0 aromatic heterocycles. The molecule has 0 radical (unpaired) electrons. The van der Waals surface area contributed by atoms with Crippen LogP contribution >= 0.6 is 0 Å².